The second-order valence-corrected chi connectivity index (χ2v) is 22.2. The van der Waals surface area contributed by atoms with Crippen molar-refractivity contribution in [1.29, 1.82) is 0 Å². The molecule has 0 aromatic carbocycles. The summed E-state index contributed by atoms with van der Waals surface area (Å²) in [6.45, 7) is 10.8. The van der Waals surface area contributed by atoms with Crippen LogP contribution in [0, 0.1) is 0 Å². The van der Waals surface area contributed by atoms with E-state index in [0.29, 0.717) is 0 Å². The van der Waals surface area contributed by atoms with Gasteiger partial charge in [0.15, 0.2) is 50.3 Å². The zero-order valence-electron chi connectivity index (χ0n) is 45.3. The molecule has 0 aromatic rings. The highest BCUT2D eigenvalue weighted by atomic mass is 16.8. The molecule has 33 heteroatoms. The number of hydrogen-bond acceptors (Lipinski definition) is 33. The average molecular weight is 1190 g/mol. The summed E-state index contributed by atoms with van der Waals surface area (Å²) in [7, 11) is 0. The first kappa shape index (κ1) is 65.7. The van der Waals surface area contributed by atoms with E-state index in [-0.39, 0.29) is 0 Å². The van der Waals surface area contributed by atoms with Crippen molar-refractivity contribution < 1.29 is 163 Å². The maximum atomic E-state index is 11.9. The molecule has 8 fully saturated rings. The summed E-state index contributed by atoms with van der Waals surface area (Å²) in [6.07, 6.45) is -67.8. The van der Waals surface area contributed by atoms with Crippen molar-refractivity contribution >= 4 is 0 Å². The molecule has 8 aliphatic rings. The Balaban J connectivity index is 0.981. The number of aliphatic hydroxyl groups is 18. The number of hydrogen-bond donors (Lipinski definition) is 18. The van der Waals surface area contributed by atoms with E-state index in [1.54, 1.807) is 0 Å². The maximum Gasteiger partial charge on any atom is 0.187 e. The molecule has 8 heterocycles. The van der Waals surface area contributed by atoms with Crippen molar-refractivity contribution in [2.24, 2.45) is 0 Å². The molecule has 8 saturated heterocycles. The molecule has 0 amide bonds. The quantitative estimate of drug-likeness (QED) is 0.0768. The lowest BCUT2D eigenvalue weighted by Crippen LogP contribution is -2.68. The van der Waals surface area contributed by atoms with Crippen LogP contribution in [0.1, 0.15) is 55.4 Å². The molecular weight excluding hydrogens is 1100 g/mol. The van der Waals surface area contributed by atoms with E-state index in [9.17, 15) is 91.9 Å². The number of rotatable bonds is 14. The predicted octanol–water partition coefficient (Wildman–Crippen LogP) is -10.2. The van der Waals surface area contributed by atoms with Gasteiger partial charge in [-0.15, -0.1) is 0 Å². The summed E-state index contributed by atoms with van der Waals surface area (Å²) in [5.74, 6) is 0. The van der Waals surface area contributed by atoms with Gasteiger partial charge in [0.25, 0.3) is 0 Å². The van der Waals surface area contributed by atoms with Gasteiger partial charge < -0.3 is 163 Å². The van der Waals surface area contributed by atoms with E-state index in [0.717, 1.165) is 0 Å². The summed E-state index contributed by atoms with van der Waals surface area (Å²) in [6, 6.07) is 0. The summed E-state index contributed by atoms with van der Waals surface area (Å²) < 4.78 is 87.5. The van der Waals surface area contributed by atoms with Gasteiger partial charge in [-0.25, -0.2) is 0 Å². The molecule has 8 aliphatic heterocycles. The molecule has 0 aromatic heterocycles. The Morgan fingerprint density at radius 1 is 0.173 bits per heavy atom. The Kier molecular flexibility index (Phi) is 21.5. The fraction of sp³-hybridized carbons (Fsp3) is 1.00. The minimum Gasteiger partial charge on any atom is -0.388 e. The fourth-order valence-corrected chi connectivity index (χ4v) is 11.0. The Labute approximate surface area is 463 Å². The molecule has 0 bridgehead atoms. The normalized spacial score (nSPS) is 57.7. The molecular formula is C48H82O33. The first-order valence-electron chi connectivity index (χ1n) is 27.0. The molecule has 472 valence electrons. The second kappa shape index (κ2) is 26.6. The molecule has 0 spiro atoms. The Hall–Kier alpha value is -1.32. The van der Waals surface area contributed by atoms with Crippen LogP contribution in [-0.4, -0.2) is 338 Å². The summed E-state index contributed by atoms with van der Waals surface area (Å²) >= 11 is 0. The second-order valence-electron chi connectivity index (χ2n) is 22.2. The first-order chi connectivity index (χ1) is 37.9. The first-order valence-corrected chi connectivity index (χ1v) is 27.0. The fourth-order valence-electron chi connectivity index (χ4n) is 11.0. The molecule has 40 atom stereocenters. The molecule has 18 N–H and O–H groups in total. The number of aliphatic hydroxyl groups excluding tert-OH is 18. The van der Waals surface area contributed by atoms with E-state index in [4.69, 9.17) is 71.1 Å². The van der Waals surface area contributed by atoms with Gasteiger partial charge in [-0.1, -0.05) is 0 Å². The van der Waals surface area contributed by atoms with Gasteiger partial charge >= 0.3 is 0 Å². The van der Waals surface area contributed by atoms with Gasteiger partial charge in [0.05, 0.1) is 48.8 Å². The van der Waals surface area contributed by atoms with Gasteiger partial charge in [-0.2, -0.15) is 0 Å². The van der Waals surface area contributed by atoms with Crippen LogP contribution in [-0.2, 0) is 71.1 Å². The highest BCUT2D eigenvalue weighted by Crippen LogP contribution is 2.39. The zero-order valence-corrected chi connectivity index (χ0v) is 45.3. The molecule has 33 nitrogen and oxygen atoms in total. The van der Waals surface area contributed by atoms with Crippen LogP contribution >= 0.6 is 0 Å². The van der Waals surface area contributed by atoms with Gasteiger partial charge in [0.2, 0.25) is 0 Å². The predicted molar refractivity (Wildman–Crippen MR) is 253 cm³/mol. The van der Waals surface area contributed by atoms with Crippen molar-refractivity contribution in [3.05, 3.63) is 0 Å². The minimum atomic E-state index is -2.10. The minimum absolute atomic E-state index is 1.03. The van der Waals surface area contributed by atoms with E-state index in [1.165, 1.54) is 55.4 Å². The SMILES string of the molecule is C[C@@H]1O[C@@H](O[C@@H]2[C@@H](O)[C@H](C)O[C@@H](O[C@H]3[C@H](O[C@@H]4[C@H](O[C@@H]5[C@@H](O)[C@H](C)O[C@@H](O[C@@H]6[C@@H](O)[C@H](C)O[C@@H](O[C@H]7[C@H](O[C@@H]8[C@H](O)[C@@H](O)[C@H](C)O[C@H]8O)O[C@@H](C)[C@H](O)[C@H]7O)[C@@H]6O)[C@@H]5O)O[C@@H](C)[C@H](O)[C@H]4O)O[C@@H](C)[C@H](O)[C@H]3O)[C@@H]2O)[C@H](O)[C@H](O)[C@H]1O. The Bertz CT molecular complexity index is 1990. The van der Waals surface area contributed by atoms with Gasteiger partial charge in [-0.3, -0.25) is 0 Å². The van der Waals surface area contributed by atoms with E-state index < -0.39 is 246 Å². The van der Waals surface area contributed by atoms with Gasteiger partial charge in [0, 0.05) is 0 Å². The summed E-state index contributed by atoms with van der Waals surface area (Å²) in [5, 5.41) is 199. The molecule has 0 aliphatic carbocycles. The summed E-state index contributed by atoms with van der Waals surface area (Å²) in [5.41, 5.74) is 0. The molecule has 81 heavy (non-hydrogen) atoms. The highest BCUT2D eigenvalue weighted by Gasteiger charge is 2.59. The van der Waals surface area contributed by atoms with E-state index >= 15 is 0 Å². The van der Waals surface area contributed by atoms with Crippen LogP contribution in [0.2, 0.25) is 0 Å². The van der Waals surface area contributed by atoms with Crippen LogP contribution < -0.4 is 0 Å². The van der Waals surface area contributed by atoms with Crippen LogP contribution in [0.3, 0.4) is 0 Å². The third-order valence-corrected chi connectivity index (χ3v) is 16.3. The topological polar surface area (TPSA) is 503 Å². The monoisotopic (exact) mass is 1190 g/mol. The maximum absolute atomic E-state index is 11.9. The zero-order chi connectivity index (χ0) is 59.7. The standard InChI is InChI=1S/C48H82O33/c1-9-18(50)26(58)37(41(66)67-9)78-47-38(27(59)19(51)12(4)73-47)79-45-32(64)35(23(55)15(7)71-45)76-43-33(65)36(24(56)16(8)69-43)77-46-40(29(61)21(53)11(3)72-46)81-48-39(28(60)20(52)13(5)74-48)80-44-31(63)34(22(54)14(6)70-44)75-42-30(62)25(57)17(49)10(2)68-42/h9-66H,1-8H3/t9-,10-,11-,12-,13-,14-,15-,16-,17-,18-,19-,20-,21-,22-,23-,24-,25+,26+,27+,28+,29+,30+,31+,32+,33+,34+,35+,36+,37+,38+,39+,40-,41+,42-,43-,44-,45-,46-,47-,48-/m0/s1. The molecule has 0 unspecified atom stereocenters. The van der Waals surface area contributed by atoms with E-state index in [2.05, 4.69) is 0 Å². The van der Waals surface area contributed by atoms with Crippen LogP contribution in [0.15, 0.2) is 0 Å². The number of ether oxygens (including phenoxy) is 15. The summed E-state index contributed by atoms with van der Waals surface area (Å²) in [4.78, 5) is 0. The van der Waals surface area contributed by atoms with Crippen molar-refractivity contribution in [2.75, 3.05) is 0 Å². The molecule has 0 radical (unpaired) electrons. The third-order valence-electron chi connectivity index (χ3n) is 16.3. The Morgan fingerprint density at radius 3 is 0.691 bits per heavy atom. The Morgan fingerprint density at radius 2 is 0.370 bits per heavy atom. The van der Waals surface area contributed by atoms with Crippen molar-refractivity contribution in [3.63, 3.8) is 0 Å². The third kappa shape index (κ3) is 13.3. The van der Waals surface area contributed by atoms with Crippen molar-refractivity contribution in [1.82, 2.24) is 0 Å². The highest BCUT2D eigenvalue weighted by molar-refractivity contribution is 5.00. The van der Waals surface area contributed by atoms with Gasteiger partial charge in [0.1, 0.15) is 146 Å². The van der Waals surface area contributed by atoms with Crippen LogP contribution in [0.25, 0.3) is 0 Å². The average Bonchev–Trinajstić information content (AvgIpc) is 3.43. The van der Waals surface area contributed by atoms with Gasteiger partial charge in [-0.05, 0) is 55.4 Å². The molecule has 8 rings (SSSR count). The van der Waals surface area contributed by atoms with E-state index in [1.807, 2.05) is 0 Å². The smallest absolute Gasteiger partial charge is 0.187 e. The molecule has 0 saturated carbocycles. The van der Waals surface area contributed by atoms with Crippen LogP contribution in [0.5, 0.6) is 0 Å². The lowest BCUT2D eigenvalue weighted by molar-refractivity contribution is -0.408. The largest absolute Gasteiger partial charge is 0.388 e. The van der Waals surface area contributed by atoms with Crippen molar-refractivity contribution in [3.8, 4) is 0 Å². The van der Waals surface area contributed by atoms with Crippen molar-refractivity contribution in [2.45, 2.75) is 301 Å². The lowest BCUT2D eigenvalue weighted by atomic mass is 9.95. The van der Waals surface area contributed by atoms with Crippen LogP contribution in [0.4, 0.5) is 0 Å². The lowest BCUT2D eigenvalue weighted by Gasteiger charge is -2.50.